The Morgan fingerprint density at radius 3 is 2.56 bits per heavy atom. The van der Waals surface area contributed by atoms with E-state index in [1.54, 1.807) is 36.2 Å². The molecule has 100 valence electrons. The number of amides is 1. The zero-order valence-corrected chi connectivity index (χ0v) is 11.1. The van der Waals surface area contributed by atoms with E-state index in [2.05, 4.69) is 6.92 Å². The Hall–Kier alpha value is -1.55. The lowest BCUT2D eigenvalue weighted by molar-refractivity contribution is -0.131. The fourth-order valence-electron chi connectivity index (χ4n) is 1.76. The molecule has 3 N–H and O–H groups in total. The molecule has 0 heterocycles. The molecule has 0 aliphatic carbocycles. The Bertz CT molecular complexity index is 376. The van der Waals surface area contributed by atoms with Crippen LogP contribution in [0.15, 0.2) is 24.3 Å². The summed E-state index contributed by atoms with van der Waals surface area (Å²) in [5.74, 6) is 0.190. The van der Waals surface area contributed by atoms with Crippen LogP contribution in [0.2, 0.25) is 0 Å². The van der Waals surface area contributed by atoms with Crippen LogP contribution in [0.25, 0.3) is 0 Å². The predicted molar refractivity (Wildman–Crippen MR) is 72.3 cm³/mol. The van der Waals surface area contributed by atoms with Gasteiger partial charge in [0.2, 0.25) is 5.91 Å². The number of aromatic hydroxyl groups is 1. The van der Waals surface area contributed by atoms with Crippen molar-refractivity contribution in [2.24, 2.45) is 5.73 Å². The van der Waals surface area contributed by atoms with Gasteiger partial charge >= 0.3 is 0 Å². The van der Waals surface area contributed by atoms with Gasteiger partial charge in [-0.1, -0.05) is 25.5 Å². The van der Waals surface area contributed by atoms with Gasteiger partial charge in [-0.15, -0.1) is 0 Å². The van der Waals surface area contributed by atoms with Crippen LogP contribution in [-0.4, -0.2) is 35.5 Å². The number of hydrogen-bond acceptors (Lipinski definition) is 3. The number of nitrogens with two attached hydrogens (primary N) is 1. The van der Waals surface area contributed by atoms with Crippen molar-refractivity contribution in [2.75, 3.05) is 13.6 Å². The number of nitrogens with zero attached hydrogens (tertiary/aromatic N) is 1. The van der Waals surface area contributed by atoms with Gasteiger partial charge < -0.3 is 15.7 Å². The molecule has 0 aliphatic heterocycles. The molecular weight excluding hydrogens is 228 g/mol. The Balaban J connectivity index is 2.51. The van der Waals surface area contributed by atoms with Crippen molar-refractivity contribution in [3.63, 3.8) is 0 Å². The fourth-order valence-corrected chi connectivity index (χ4v) is 1.76. The highest BCUT2D eigenvalue weighted by atomic mass is 16.3. The minimum absolute atomic E-state index is 0.0310. The van der Waals surface area contributed by atoms with E-state index in [1.807, 2.05) is 0 Å². The molecule has 0 unspecified atom stereocenters. The van der Waals surface area contributed by atoms with Crippen molar-refractivity contribution in [1.82, 2.24) is 4.90 Å². The molecule has 0 saturated carbocycles. The first kappa shape index (κ1) is 14.5. The number of phenolic OH excluding ortho intramolecular Hbond substituents is 1. The van der Waals surface area contributed by atoms with Crippen LogP contribution < -0.4 is 5.73 Å². The van der Waals surface area contributed by atoms with E-state index in [9.17, 15) is 9.90 Å². The first-order valence-electron chi connectivity index (χ1n) is 6.33. The summed E-state index contributed by atoms with van der Waals surface area (Å²) in [4.78, 5) is 13.7. The third-order valence-corrected chi connectivity index (χ3v) is 2.93. The average molecular weight is 250 g/mol. The van der Waals surface area contributed by atoms with Crippen molar-refractivity contribution in [1.29, 1.82) is 0 Å². The summed E-state index contributed by atoms with van der Waals surface area (Å²) in [6.07, 6.45) is 2.55. The van der Waals surface area contributed by atoms with E-state index in [1.165, 1.54) is 0 Å². The number of carbonyl (C=O) groups is 1. The van der Waals surface area contributed by atoms with Gasteiger partial charge in [-0.25, -0.2) is 0 Å². The van der Waals surface area contributed by atoms with Gasteiger partial charge in [-0.3, -0.25) is 4.79 Å². The minimum atomic E-state index is -0.517. The molecule has 4 heteroatoms. The topological polar surface area (TPSA) is 66.6 Å². The van der Waals surface area contributed by atoms with Crippen LogP contribution in [0.3, 0.4) is 0 Å². The minimum Gasteiger partial charge on any atom is -0.508 e. The van der Waals surface area contributed by atoms with E-state index in [0.717, 1.165) is 24.9 Å². The molecule has 0 aliphatic rings. The second-order valence-electron chi connectivity index (χ2n) is 4.59. The fraction of sp³-hybridized carbons (Fsp3) is 0.500. The van der Waals surface area contributed by atoms with Crippen LogP contribution in [-0.2, 0) is 11.2 Å². The summed E-state index contributed by atoms with van der Waals surface area (Å²) < 4.78 is 0. The Morgan fingerprint density at radius 2 is 2.00 bits per heavy atom. The number of phenols is 1. The lowest BCUT2D eigenvalue weighted by atomic mass is 10.1. The van der Waals surface area contributed by atoms with Gasteiger partial charge in [-0.05, 0) is 30.5 Å². The van der Waals surface area contributed by atoms with Crippen LogP contribution in [0.5, 0.6) is 5.75 Å². The molecule has 1 rings (SSSR count). The van der Waals surface area contributed by atoms with Crippen molar-refractivity contribution < 1.29 is 9.90 Å². The standard InChI is InChI=1S/C14H22N2O2/c1-3-4-9-16(2)14(18)13(15)10-11-5-7-12(17)8-6-11/h5-8,13,17H,3-4,9-10,15H2,1-2H3/t13-/m0/s1. The molecule has 0 radical (unpaired) electrons. The Morgan fingerprint density at radius 1 is 1.39 bits per heavy atom. The molecule has 4 nitrogen and oxygen atoms in total. The number of carbonyl (C=O) groups excluding carboxylic acids is 1. The Labute approximate surface area is 108 Å². The van der Waals surface area contributed by atoms with Crippen LogP contribution in [0, 0.1) is 0 Å². The van der Waals surface area contributed by atoms with Crippen molar-refractivity contribution in [3.8, 4) is 5.75 Å². The number of likely N-dealkylation sites (N-methyl/N-ethyl adjacent to an activating group) is 1. The summed E-state index contributed by atoms with van der Waals surface area (Å²) in [5, 5.41) is 9.18. The lowest BCUT2D eigenvalue weighted by Gasteiger charge is -2.21. The number of unbranched alkanes of at least 4 members (excludes halogenated alkanes) is 1. The highest BCUT2D eigenvalue weighted by Crippen LogP contribution is 2.11. The normalized spacial score (nSPS) is 12.2. The SMILES string of the molecule is CCCCN(C)C(=O)[C@@H](N)Cc1ccc(O)cc1. The van der Waals surface area contributed by atoms with E-state index in [4.69, 9.17) is 5.73 Å². The van der Waals surface area contributed by atoms with Crippen LogP contribution in [0.4, 0.5) is 0 Å². The second-order valence-corrected chi connectivity index (χ2v) is 4.59. The number of hydrogen-bond donors (Lipinski definition) is 2. The summed E-state index contributed by atoms with van der Waals surface area (Å²) in [5.41, 5.74) is 6.86. The van der Waals surface area contributed by atoms with E-state index >= 15 is 0 Å². The molecule has 1 amide bonds. The quantitative estimate of drug-likeness (QED) is 0.804. The monoisotopic (exact) mass is 250 g/mol. The Kier molecular flexibility index (Phi) is 5.65. The molecule has 0 fully saturated rings. The molecule has 18 heavy (non-hydrogen) atoms. The van der Waals surface area contributed by atoms with Gasteiger partial charge in [-0.2, -0.15) is 0 Å². The molecule has 0 saturated heterocycles. The summed E-state index contributed by atoms with van der Waals surface area (Å²) >= 11 is 0. The average Bonchev–Trinajstić information content (AvgIpc) is 2.37. The van der Waals surface area contributed by atoms with Crippen molar-refractivity contribution in [3.05, 3.63) is 29.8 Å². The third kappa shape index (κ3) is 4.37. The summed E-state index contributed by atoms with van der Waals surface area (Å²) in [6, 6.07) is 6.26. The maximum Gasteiger partial charge on any atom is 0.239 e. The third-order valence-electron chi connectivity index (χ3n) is 2.93. The van der Waals surface area contributed by atoms with Gasteiger partial charge in [0, 0.05) is 13.6 Å². The maximum absolute atomic E-state index is 12.0. The predicted octanol–water partition coefficient (Wildman–Crippen LogP) is 1.52. The first-order chi connectivity index (χ1) is 8.54. The highest BCUT2D eigenvalue weighted by Gasteiger charge is 2.17. The number of benzene rings is 1. The van der Waals surface area contributed by atoms with Gasteiger partial charge in [0.05, 0.1) is 6.04 Å². The number of rotatable bonds is 6. The molecule has 0 spiro atoms. The van der Waals surface area contributed by atoms with Gasteiger partial charge in [0.15, 0.2) is 0 Å². The molecule has 1 atom stereocenters. The van der Waals surface area contributed by atoms with Gasteiger partial charge in [0.25, 0.3) is 0 Å². The zero-order chi connectivity index (χ0) is 13.5. The maximum atomic E-state index is 12.0. The highest BCUT2D eigenvalue weighted by molar-refractivity contribution is 5.81. The summed E-state index contributed by atoms with van der Waals surface area (Å²) in [7, 11) is 1.79. The van der Waals surface area contributed by atoms with Crippen LogP contribution >= 0.6 is 0 Å². The molecule has 1 aromatic carbocycles. The van der Waals surface area contributed by atoms with E-state index in [0.29, 0.717) is 6.42 Å². The van der Waals surface area contributed by atoms with E-state index in [-0.39, 0.29) is 11.7 Å². The molecular formula is C14H22N2O2. The second kappa shape index (κ2) is 7.01. The molecule has 1 aromatic rings. The first-order valence-corrected chi connectivity index (χ1v) is 6.33. The molecule has 0 bridgehead atoms. The molecule has 0 aromatic heterocycles. The van der Waals surface area contributed by atoms with Crippen LogP contribution in [0.1, 0.15) is 25.3 Å². The van der Waals surface area contributed by atoms with E-state index < -0.39 is 6.04 Å². The lowest BCUT2D eigenvalue weighted by Crippen LogP contribution is -2.43. The van der Waals surface area contributed by atoms with Gasteiger partial charge in [0.1, 0.15) is 5.75 Å². The summed E-state index contributed by atoms with van der Waals surface area (Å²) in [6.45, 7) is 2.84. The van der Waals surface area contributed by atoms with Crippen molar-refractivity contribution >= 4 is 5.91 Å². The smallest absolute Gasteiger partial charge is 0.239 e. The van der Waals surface area contributed by atoms with Crippen molar-refractivity contribution in [2.45, 2.75) is 32.2 Å². The largest absolute Gasteiger partial charge is 0.508 e. The zero-order valence-electron chi connectivity index (χ0n) is 11.1.